The first kappa shape index (κ1) is 27.0. The lowest BCUT2D eigenvalue weighted by molar-refractivity contribution is -0.131. The average molecular weight is 548 g/mol. The number of nitrogens with one attached hydrogen (secondary N) is 2. The Bertz CT molecular complexity index is 1440. The molecule has 2 N–H and O–H groups in total. The standard InChI is InChI=1S/C30H30FN3O6/c1-18(35)34-11-10-27-26(16-34)33-30(37)24-13-20(7-9-25(24)31)19-4-3-5-22(12-19)39-17-29(36)32-15-21-6-8-23(40-27)14-28(21)38-2/h3-9,12-14,26-27H,10-11,15-17H2,1-2H3,(H,32,36)(H,33,37)/t26-,27+/m1/s1. The third-order valence-electron chi connectivity index (χ3n) is 7.08. The van der Waals surface area contributed by atoms with Crippen molar-refractivity contribution in [1.29, 1.82) is 0 Å². The predicted octanol–water partition coefficient (Wildman–Crippen LogP) is 3.31. The van der Waals surface area contributed by atoms with E-state index < -0.39 is 23.9 Å². The fourth-order valence-electron chi connectivity index (χ4n) is 4.90. The number of piperidine rings is 1. The largest absolute Gasteiger partial charge is 0.496 e. The first-order valence-electron chi connectivity index (χ1n) is 13.0. The normalized spacial score (nSPS) is 19.3. The van der Waals surface area contributed by atoms with E-state index in [0.29, 0.717) is 41.3 Å². The van der Waals surface area contributed by atoms with Crippen LogP contribution in [0.15, 0.2) is 60.7 Å². The molecule has 6 bridgehead atoms. The summed E-state index contributed by atoms with van der Waals surface area (Å²) in [5.41, 5.74) is 1.89. The molecule has 10 heteroatoms. The summed E-state index contributed by atoms with van der Waals surface area (Å²) < 4.78 is 32.4. The van der Waals surface area contributed by atoms with Gasteiger partial charge in [0.25, 0.3) is 11.8 Å². The molecular formula is C30H30FN3O6. The number of benzene rings is 3. The summed E-state index contributed by atoms with van der Waals surface area (Å²) in [6.45, 7) is 2.16. The zero-order valence-electron chi connectivity index (χ0n) is 22.2. The van der Waals surface area contributed by atoms with Gasteiger partial charge in [-0.3, -0.25) is 14.4 Å². The Balaban J connectivity index is 1.53. The lowest BCUT2D eigenvalue weighted by Crippen LogP contribution is -2.57. The molecule has 3 aliphatic heterocycles. The molecule has 3 aromatic carbocycles. The number of likely N-dealkylation sites (tertiary alicyclic amines) is 1. The van der Waals surface area contributed by atoms with E-state index in [1.165, 1.54) is 26.2 Å². The van der Waals surface area contributed by atoms with Crippen LogP contribution in [0.5, 0.6) is 17.2 Å². The Morgan fingerprint density at radius 2 is 1.88 bits per heavy atom. The van der Waals surface area contributed by atoms with Crippen molar-refractivity contribution in [2.75, 3.05) is 26.8 Å². The number of methoxy groups -OCH3 is 1. The van der Waals surface area contributed by atoms with Crippen molar-refractivity contribution >= 4 is 17.7 Å². The maximum atomic E-state index is 14.9. The van der Waals surface area contributed by atoms with E-state index >= 15 is 0 Å². The SMILES string of the molecule is COc1cc2ccc1CNC(=O)COc1cccc(c1)-c1ccc(F)c(c1)C(=O)N[C@@H]1CN(C(C)=O)CC[C@@H]1O2. The quantitative estimate of drug-likeness (QED) is 0.484. The molecule has 40 heavy (non-hydrogen) atoms. The molecule has 2 atom stereocenters. The van der Waals surface area contributed by atoms with Crippen molar-refractivity contribution in [3.05, 3.63) is 77.6 Å². The van der Waals surface area contributed by atoms with Crippen molar-refractivity contribution in [1.82, 2.24) is 15.5 Å². The van der Waals surface area contributed by atoms with E-state index in [0.717, 1.165) is 5.56 Å². The van der Waals surface area contributed by atoms with Gasteiger partial charge in [-0.15, -0.1) is 0 Å². The number of nitrogens with zero attached hydrogens (tertiary/aromatic N) is 1. The van der Waals surface area contributed by atoms with Crippen molar-refractivity contribution in [2.45, 2.75) is 32.0 Å². The summed E-state index contributed by atoms with van der Waals surface area (Å²) in [6.07, 6.45) is -0.0274. The second-order valence-corrected chi connectivity index (χ2v) is 9.75. The van der Waals surface area contributed by atoms with Gasteiger partial charge in [0.15, 0.2) is 6.61 Å². The molecule has 3 amide bonds. The van der Waals surface area contributed by atoms with Crippen molar-refractivity contribution in [3.8, 4) is 28.4 Å². The number of halogens is 1. The maximum absolute atomic E-state index is 14.9. The predicted molar refractivity (Wildman–Crippen MR) is 145 cm³/mol. The second kappa shape index (κ2) is 11.6. The highest BCUT2D eigenvalue weighted by atomic mass is 19.1. The summed E-state index contributed by atoms with van der Waals surface area (Å²) in [5, 5.41) is 5.74. The Kier molecular flexibility index (Phi) is 7.86. The highest BCUT2D eigenvalue weighted by Gasteiger charge is 2.34. The van der Waals surface area contributed by atoms with Crippen LogP contribution >= 0.6 is 0 Å². The minimum absolute atomic E-state index is 0.123. The molecule has 0 saturated carbocycles. The number of carbonyl (C=O) groups is 3. The molecule has 0 aromatic heterocycles. The minimum Gasteiger partial charge on any atom is -0.496 e. The van der Waals surface area contributed by atoms with Crippen LogP contribution in [0.25, 0.3) is 11.1 Å². The van der Waals surface area contributed by atoms with E-state index in [4.69, 9.17) is 14.2 Å². The van der Waals surface area contributed by atoms with Crippen molar-refractivity contribution < 1.29 is 33.0 Å². The van der Waals surface area contributed by atoms with Gasteiger partial charge in [-0.05, 0) is 47.5 Å². The van der Waals surface area contributed by atoms with Crippen LogP contribution < -0.4 is 24.8 Å². The molecule has 1 saturated heterocycles. The molecule has 1 fully saturated rings. The van der Waals surface area contributed by atoms with Gasteiger partial charge >= 0.3 is 0 Å². The maximum Gasteiger partial charge on any atom is 0.258 e. The Labute approximate surface area is 231 Å². The van der Waals surface area contributed by atoms with Gasteiger partial charge in [0.1, 0.15) is 29.2 Å². The Morgan fingerprint density at radius 3 is 2.67 bits per heavy atom. The molecule has 3 aromatic rings. The smallest absolute Gasteiger partial charge is 0.258 e. The number of fused-ring (bicyclic) bond motifs is 7. The van der Waals surface area contributed by atoms with Gasteiger partial charge in [0.05, 0.1) is 18.7 Å². The van der Waals surface area contributed by atoms with Crippen LogP contribution in [0.2, 0.25) is 0 Å². The molecule has 0 aliphatic carbocycles. The molecule has 208 valence electrons. The van der Waals surface area contributed by atoms with Crippen LogP contribution in [-0.4, -0.2) is 61.6 Å². The van der Waals surface area contributed by atoms with Crippen LogP contribution in [-0.2, 0) is 16.1 Å². The molecule has 6 rings (SSSR count). The summed E-state index contributed by atoms with van der Waals surface area (Å²) in [6, 6.07) is 15.9. The second-order valence-electron chi connectivity index (χ2n) is 9.75. The zero-order valence-corrected chi connectivity index (χ0v) is 22.2. The Morgan fingerprint density at radius 1 is 1.05 bits per heavy atom. The summed E-state index contributed by atoms with van der Waals surface area (Å²) >= 11 is 0. The van der Waals surface area contributed by atoms with Gasteiger partial charge in [0, 0.05) is 44.6 Å². The third kappa shape index (κ3) is 6.01. The molecule has 0 spiro atoms. The van der Waals surface area contributed by atoms with Crippen molar-refractivity contribution in [2.24, 2.45) is 0 Å². The van der Waals surface area contributed by atoms with Gasteiger partial charge in [-0.1, -0.05) is 18.2 Å². The van der Waals surface area contributed by atoms with Gasteiger partial charge < -0.3 is 29.7 Å². The fourth-order valence-corrected chi connectivity index (χ4v) is 4.90. The van der Waals surface area contributed by atoms with Crippen molar-refractivity contribution in [3.63, 3.8) is 0 Å². The monoisotopic (exact) mass is 547 g/mol. The van der Waals surface area contributed by atoms with E-state index in [9.17, 15) is 18.8 Å². The van der Waals surface area contributed by atoms with E-state index in [2.05, 4.69) is 10.6 Å². The number of ether oxygens (including phenoxy) is 3. The molecule has 0 radical (unpaired) electrons. The number of carbonyl (C=O) groups excluding carboxylic acids is 3. The summed E-state index contributed by atoms with van der Waals surface area (Å²) in [7, 11) is 1.52. The van der Waals surface area contributed by atoms with Crippen LogP contribution in [0, 0.1) is 5.82 Å². The first-order valence-corrected chi connectivity index (χ1v) is 13.0. The van der Waals surface area contributed by atoms with E-state index in [-0.39, 0.29) is 37.1 Å². The number of rotatable bonds is 1. The fraction of sp³-hybridized carbons (Fsp3) is 0.300. The number of hydrogen-bond acceptors (Lipinski definition) is 6. The van der Waals surface area contributed by atoms with Gasteiger partial charge in [-0.2, -0.15) is 0 Å². The summed E-state index contributed by atoms with van der Waals surface area (Å²) in [4.78, 5) is 39.7. The van der Waals surface area contributed by atoms with Crippen LogP contribution in [0.4, 0.5) is 4.39 Å². The lowest BCUT2D eigenvalue weighted by Gasteiger charge is -2.38. The molecular weight excluding hydrogens is 517 g/mol. The topological polar surface area (TPSA) is 106 Å². The van der Waals surface area contributed by atoms with Gasteiger partial charge in [-0.25, -0.2) is 4.39 Å². The van der Waals surface area contributed by atoms with E-state index in [1.807, 2.05) is 0 Å². The van der Waals surface area contributed by atoms with Crippen LogP contribution in [0.3, 0.4) is 0 Å². The Hall–Kier alpha value is -4.60. The molecule has 9 nitrogen and oxygen atoms in total. The highest BCUT2D eigenvalue weighted by molar-refractivity contribution is 5.96. The van der Waals surface area contributed by atoms with E-state index in [1.54, 1.807) is 53.4 Å². The molecule has 3 aliphatic rings. The van der Waals surface area contributed by atoms with Gasteiger partial charge in [0.2, 0.25) is 5.91 Å². The highest BCUT2D eigenvalue weighted by Crippen LogP contribution is 2.29. The molecule has 3 heterocycles. The zero-order chi connectivity index (χ0) is 28.2. The first-order chi connectivity index (χ1) is 19.3. The minimum atomic E-state index is -0.676. The van der Waals surface area contributed by atoms with Crippen LogP contribution in [0.1, 0.15) is 29.3 Å². The third-order valence-corrected chi connectivity index (χ3v) is 7.08. The lowest BCUT2D eigenvalue weighted by atomic mass is 9.99. The number of amides is 3. The average Bonchev–Trinajstić information content (AvgIpc) is 2.96. The summed E-state index contributed by atoms with van der Waals surface area (Å²) in [5.74, 6) is -0.270. The number of hydrogen-bond donors (Lipinski definition) is 2. The molecule has 0 unspecified atom stereocenters.